The zero-order chi connectivity index (χ0) is 14.7. The molecular weight excluding hydrogens is 274 g/mol. The van der Waals surface area contributed by atoms with Crippen LogP contribution in [0.4, 0.5) is 16.2 Å². The number of nitrogens with one attached hydrogen (secondary N) is 2. The van der Waals surface area contributed by atoms with Crippen molar-refractivity contribution in [3.05, 3.63) is 24.3 Å². The molecule has 1 aromatic rings. The molecule has 2 fully saturated rings. The Balaban J connectivity index is 1.68. The Morgan fingerprint density at radius 3 is 3.00 bits per heavy atom. The fraction of sp³-hybridized carbons (Fsp3) is 0.429. The summed E-state index contributed by atoms with van der Waals surface area (Å²) in [6.07, 6.45) is -0.850. The number of hydrogen-bond donors (Lipinski definition) is 2. The van der Waals surface area contributed by atoms with E-state index in [1.54, 1.807) is 24.3 Å². The molecule has 2 aliphatic rings. The number of anilines is 2. The van der Waals surface area contributed by atoms with Crippen molar-refractivity contribution in [2.75, 3.05) is 43.1 Å². The first-order valence-electron chi connectivity index (χ1n) is 6.91. The maximum atomic E-state index is 12.1. The zero-order valence-corrected chi connectivity index (χ0v) is 11.5. The zero-order valence-electron chi connectivity index (χ0n) is 11.5. The fourth-order valence-corrected chi connectivity index (χ4v) is 2.34. The number of cyclic esters (lactones) is 1. The molecule has 21 heavy (non-hydrogen) atoms. The number of carbonyl (C=O) groups excluding carboxylic acids is 2. The minimum Gasteiger partial charge on any atom is -0.447 e. The van der Waals surface area contributed by atoms with E-state index in [2.05, 4.69) is 10.6 Å². The van der Waals surface area contributed by atoms with Gasteiger partial charge in [-0.2, -0.15) is 0 Å². The van der Waals surface area contributed by atoms with Gasteiger partial charge in [0.15, 0.2) is 0 Å². The molecule has 7 nitrogen and oxygen atoms in total. The lowest BCUT2D eigenvalue weighted by Gasteiger charge is -2.23. The number of hydrogen-bond acceptors (Lipinski definition) is 5. The van der Waals surface area contributed by atoms with Crippen LogP contribution >= 0.6 is 0 Å². The summed E-state index contributed by atoms with van der Waals surface area (Å²) < 4.78 is 10.3. The van der Waals surface area contributed by atoms with Crippen molar-refractivity contribution in [2.45, 2.75) is 6.10 Å². The van der Waals surface area contributed by atoms with Crippen molar-refractivity contribution >= 4 is 23.4 Å². The highest BCUT2D eigenvalue weighted by atomic mass is 16.6. The van der Waals surface area contributed by atoms with E-state index < -0.39 is 6.10 Å². The average Bonchev–Trinajstić information content (AvgIpc) is 2.94. The molecule has 1 unspecified atom stereocenters. The number of ether oxygens (including phenoxy) is 2. The Morgan fingerprint density at radius 1 is 1.38 bits per heavy atom. The summed E-state index contributed by atoms with van der Waals surface area (Å²) in [5, 5.41) is 5.92. The van der Waals surface area contributed by atoms with Gasteiger partial charge < -0.3 is 20.1 Å². The molecule has 2 saturated heterocycles. The molecule has 112 valence electrons. The van der Waals surface area contributed by atoms with Crippen LogP contribution in [-0.4, -0.2) is 51.0 Å². The van der Waals surface area contributed by atoms with Gasteiger partial charge in [0.05, 0.1) is 13.2 Å². The van der Waals surface area contributed by atoms with Crippen LogP contribution in [0.2, 0.25) is 0 Å². The maximum absolute atomic E-state index is 12.1. The molecule has 0 spiro atoms. The molecular formula is C14H17N3O4. The number of rotatable bonds is 3. The Bertz CT molecular complexity index is 543. The van der Waals surface area contributed by atoms with E-state index in [0.29, 0.717) is 37.7 Å². The summed E-state index contributed by atoms with van der Waals surface area (Å²) in [5.74, 6) is -0.191. The summed E-state index contributed by atoms with van der Waals surface area (Å²) in [6.45, 7) is 2.70. The summed E-state index contributed by atoms with van der Waals surface area (Å²) >= 11 is 0. The third-order valence-electron chi connectivity index (χ3n) is 3.41. The Kier molecular flexibility index (Phi) is 4.03. The number of morpholine rings is 1. The maximum Gasteiger partial charge on any atom is 0.414 e. The van der Waals surface area contributed by atoms with E-state index in [9.17, 15) is 9.59 Å². The standard InChI is InChI=1S/C14H17N3O4/c18-13(12-9-15-4-6-20-12)16-10-2-1-3-11(8-10)17-5-7-21-14(17)19/h1-3,8,12,15H,4-7,9H2,(H,16,18). The molecule has 0 aromatic heterocycles. The van der Waals surface area contributed by atoms with Crippen LogP contribution in [0.3, 0.4) is 0 Å². The van der Waals surface area contributed by atoms with Crippen LogP contribution in [0.5, 0.6) is 0 Å². The van der Waals surface area contributed by atoms with Crippen LogP contribution in [0.1, 0.15) is 0 Å². The minimum atomic E-state index is -0.487. The molecule has 2 aliphatic heterocycles. The molecule has 2 amide bonds. The van der Waals surface area contributed by atoms with Crippen molar-refractivity contribution < 1.29 is 19.1 Å². The number of carbonyl (C=O) groups is 2. The van der Waals surface area contributed by atoms with Crippen LogP contribution in [0.15, 0.2) is 24.3 Å². The van der Waals surface area contributed by atoms with Crippen LogP contribution in [-0.2, 0) is 14.3 Å². The van der Waals surface area contributed by atoms with Gasteiger partial charge in [0.2, 0.25) is 0 Å². The third kappa shape index (κ3) is 3.14. The minimum absolute atomic E-state index is 0.191. The predicted octanol–water partition coefficient (Wildman–Crippen LogP) is 0.570. The first-order chi connectivity index (χ1) is 10.2. The van der Waals surface area contributed by atoms with Gasteiger partial charge in [0.25, 0.3) is 5.91 Å². The van der Waals surface area contributed by atoms with E-state index >= 15 is 0 Å². The second-order valence-electron chi connectivity index (χ2n) is 4.87. The molecule has 0 aliphatic carbocycles. The van der Waals surface area contributed by atoms with E-state index in [4.69, 9.17) is 9.47 Å². The van der Waals surface area contributed by atoms with Crippen molar-refractivity contribution in [1.29, 1.82) is 0 Å². The quantitative estimate of drug-likeness (QED) is 0.851. The highest BCUT2D eigenvalue weighted by Gasteiger charge is 2.25. The summed E-state index contributed by atoms with van der Waals surface area (Å²) in [6, 6.07) is 7.12. The second kappa shape index (κ2) is 6.11. The normalized spacial score (nSPS) is 22.0. The van der Waals surface area contributed by atoms with Gasteiger partial charge in [-0.05, 0) is 18.2 Å². The van der Waals surface area contributed by atoms with E-state index in [-0.39, 0.29) is 12.0 Å². The van der Waals surface area contributed by atoms with Gasteiger partial charge in [0, 0.05) is 24.5 Å². The van der Waals surface area contributed by atoms with Gasteiger partial charge in [0.1, 0.15) is 12.7 Å². The molecule has 0 radical (unpaired) electrons. The van der Waals surface area contributed by atoms with E-state index in [1.165, 1.54) is 4.90 Å². The fourth-order valence-electron chi connectivity index (χ4n) is 2.34. The monoisotopic (exact) mass is 291 g/mol. The van der Waals surface area contributed by atoms with E-state index in [1.807, 2.05) is 0 Å². The number of benzene rings is 1. The first kappa shape index (κ1) is 13.8. The van der Waals surface area contributed by atoms with Crippen molar-refractivity contribution in [2.24, 2.45) is 0 Å². The SMILES string of the molecule is O=C(Nc1cccc(N2CCOC2=O)c1)C1CNCCO1. The Hall–Kier alpha value is -2.12. The second-order valence-corrected chi connectivity index (χ2v) is 4.87. The van der Waals surface area contributed by atoms with Gasteiger partial charge in [-0.1, -0.05) is 6.07 Å². The van der Waals surface area contributed by atoms with E-state index in [0.717, 1.165) is 6.54 Å². The Morgan fingerprint density at radius 2 is 2.29 bits per heavy atom. The number of amides is 2. The molecule has 7 heteroatoms. The van der Waals surface area contributed by atoms with Gasteiger partial charge in [-0.15, -0.1) is 0 Å². The molecule has 1 atom stereocenters. The number of nitrogens with zero attached hydrogens (tertiary/aromatic N) is 1. The molecule has 2 N–H and O–H groups in total. The topological polar surface area (TPSA) is 79.9 Å². The highest BCUT2D eigenvalue weighted by molar-refractivity contribution is 5.96. The lowest BCUT2D eigenvalue weighted by Crippen LogP contribution is -2.45. The summed E-state index contributed by atoms with van der Waals surface area (Å²) in [7, 11) is 0. The van der Waals surface area contributed by atoms with Gasteiger partial charge >= 0.3 is 6.09 Å². The predicted molar refractivity (Wildman–Crippen MR) is 76.4 cm³/mol. The summed E-state index contributed by atoms with van der Waals surface area (Å²) in [5.41, 5.74) is 1.34. The molecule has 1 aromatic carbocycles. The molecule has 0 bridgehead atoms. The van der Waals surface area contributed by atoms with Crippen LogP contribution < -0.4 is 15.5 Å². The van der Waals surface area contributed by atoms with Crippen LogP contribution in [0, 0.1) is 0 Å². The van der Waals surface area contributed by atoms with Gasteiger partial charge in [-0.25, -0.2) is 4.79 Å². The first-order valence-corrected chi connectivity index (χ1v) is 6.91. The van der Waals surface area contributed by atoms with Gasteiger partial charge in [-0.3, -0.25) is 9.69 Å². The molecule has 3 rings (SSSR count). The Labute approximate surface area is 122 Å². The van der Waals surface area contributed by atoms with Crippen molar-refractivity contribution in [3.8, 4) is 0 Å². The van der Waals surface area contributed by atoms with Crippen molar-refractivity contribution in [1.82, 2.24) is 5.32 Å². The molecule has 2 heterocycles. The van der Waals surface area contributed by atoms with Crippen molar-refractivity contribution in [3.63, 3.8) is 0 Å². The lowest BCUT2D eigenvalue weighted by atomic mass is 10.2. The third-order valence-corrected chi connectivity index (χ3v) is 3.41. The van der Waals surface area contributed by atoms with Crippen LogP contribution in [0.25, 0.3) is 0 Å². The highest BCUT2D eigenvalue weighted by Crippen LogP contribution is 2.22. The smallest absolute Gasteiger partial charge is 0.414 e. The largest absolute Gasteiger partial charge is 0.447 e. The lowest BCUT2D eigenvalue weighted by molar-refractivity contribution is -0.128. The summed E-state index contributed by atoms with van der Waals surface area (Å²) in [4.78, 5) is 25.2. The average molecular weight is 291 g/mol. The molecule has 0 saturated carbocycles.